The van der Waals surface area contributed by atoms with Crippen molar-refractivity contribution in [2.24, 2.45) is 0 Å². The summed E-state index contributed by atoms with van der Waals surface area (Å²) in [5.41, 5.74) is 3.95. The molecule has 7 heteroatoms. The first-order valence-corrected chi connectivity index (χ1v) is 11.5. The highest BCUT2D eigenvalue weighted by molar-refractivity contribution is 5.94. The summed E-state index contributed by atoms with van der Waals surface area (Å²) in [6.45, 7) is 7.46. The van der Waals surface area contributed by atoms with Crippen molar-refractivity contribution in [2.75, 3.05) is 39.3 Å². The Morgan fingerprint density at radius 1 is 1.03 bits per heavy atom. The van der Waals surface area contributed by atoms with Gasteiger partial charge < -0.3 is 4.90 Å². The summed E-state index contributed by atoms with van der Waals surface area (Å²) in [6, 6.07) is 8.31. The first-order valence-electron chi connectivity index (χ1n) is 11.5. The standard InChI is InChI=1S/C24H31N5O2/c1-18(30)19-5-7-22(8-6-19)29-16-20-15-26(10-9-23(20)25-29)17-24(31)28-13-11-27(12-14-28)21-3-2-4-21/h5-8,16,21H,2-4,9-15,17H2,1H3. The van der Waals surface area contributed by atoms with Crippen LogP contribution in [0.2, 0.25) is 0 Å². The summed E-state index contributed by atoms with van der Waals surface area (Å²) in [5, 5.41) is 4.74. The maximum Gasteiger partial charge on any atom is 0.236 e. The molecule has 164 valence electrons. The van der Waals surface area contributed by atoms with E-state index >= 15 is 0 Å². The number of fused-ring (bicyclic) bond motifs is 1. The summed E-state index contributed by atoms with van der Waals surface area (Å²) in [5.74, 6) is 0.319. The van der Waals surface area contributed by atoms with E-state index in [4.69, 9.17) is 5.10 Å². The molecule has 2 aliphatic heterocycles. The first kappa shape index (κ1) is 20.4. The van der Waals surface area contributed by atoms with Gasteiger partial charge in [0.15, 0.2) is 5.78 Å². The lowest BCUT2D eigenvalue weighted by molar-refractivity contribution is -0.135. The number of rotatable bonds is 5. The number of aromatic nitrogens is 2. The molecule has 1 aromatic carbocycles. The van der Waals surface area contributed by atoms with Gasteiger partial charge in [0.25, 0.3) is 0 Å². The van der Waals surface area contributed by atoms with Gasteiger partial charge in [-0.2, -0.15) is 5.10 Å². The Labute approximate surface area is 183 Å². The van der Waals surface area contributed by atoms with E-state index in [1.165, 1.54) is 24.8 Å². The van der Waals surface area contributed by atoms with Crippen molar-refractivity contribution < 1.29 is 9.59 Å². The molecule has 1 aromatic heterocycles. The third-order valence-corrected chi connectivity index (χ3v) is 7.09. The van der Waals surface area contributed by atoms with Crippen molar-refractivity contribution in [2.45, 2.75) is 45.2 Å². The van der Waals surface area contributed by atoms with E-state index in [0.717, 1.165) is 63.1 Å². The molecule has 1 saturated heterocycles. The van der Waals surface area contributed by atoms with Crippen LogP contribution in [-0.4, -0.2) is 81.5 Å². The molecule has 2 fully saturated rings. The quantitative estimate of drug-likeness (QED) is 0.692. The Morgan fingerprint density at radius 2 is 1.77 bits per heavy atom. The van der Waals surface area contributed by atoms with Gasteiger partial charge in [-0.1, -0.05) is 6.42 Å². The average Bonchev–Trinajstić information content (AvgIpc) is 3.16. The zero-order chi connectivity index (χ0) is 21.4. The van der Waals surface area contributed by atoms with Gasteiger partial charge >= 0.3 is 0 Å². The number of hydrogen-bond donors (Lipinski definition) is 0. The summed E-state index contributed by atoms with van der Waals surface area (Å²) in [6.07, 6.45) is 6.95. The van der Waals surface area contributed by atoms with E-state index < -0.39 is 0 Å². The fourth-order valence-corrected chi connectivity index (χ4v) is 4.87. The number of ketones is 1. The van der Waals surface area contributed by atoms with Crippen molar-refractivity contribution in [1.29, 1.82) is 0 Å². The molecule has 3 heterocycles. The van der Waals surface area contributed by atoms with E-state index in [0.29, 0.717) is 12.1 Å². The molecule has 5 rings (SSSR count). The van der Waals surface area contributed by atoms with Gasteiger partial charge in [-0.15, -0.1) is 0 Å². The second-order valence-electron chi connectivity index (χ2n) is 9.11. The Kier molecular flexibility index (Phi) is 5.63. The Bertz CT molecular complexity index is 955. The lowest BCUT2D eigenvalue weighted by atomic mass is 9.91. The van der Waals surface area contributed by atoms with Crippen LogP contribution in [0.25, 0.3) is 5.69 Å². The first-order chi connectivity index (χ1) is 15.1. The van der Waals surface area contributed by atoms with Gasteiger partial charge in [-0.05, 0) is 44.0 Å². The number of carbonyl (C=O) groups excluding carboxylic acids is 2. The SMILES string of the molecule is CC(=O)c1ccc(-n2cc3c(n2)CCN(CC(=O)N2CCN(C4CCC4)CC2)C3)cc1. The molecule has 0 radical (unpaired) electrons. The number of amides is 1. The normalized spacial score (nSPS) is 20.4. The van der Waals surface area contributed by atoms with E-state index in [2.05, 4.69) is 16.0 Å². The molecule has 3 aliphatic rings. The second-order valence-corrected chi connectivity index (χ2v) is 9.11. The van der Waals surface area contributed by atoms with E-state index in [-0.39, 0.29) is 11.7 Å². The fraction of sp³-hybridized carbons (Fsp3) is 0.542. The van der Waals surface area contributed by atoms with Crippen molar-refractivity contribution in [3.8, 4) is 5.69 Å². The number of piperazine rings is 1. The second kappa shape index (κ2) is 8.55. The van der Waals surface area contributed by atoms with Crippen molar-refractivity contribution in [3.63, 3.8) is 0 Å². The molecule has 1 amide bonds. The fourth-order valence-electron chi connectivity index (χ4n) is 4.87. The topological polar surface area (TPSA) is 61.7 Å². The predicted molar refractivity (Wildman–Crippen MR) is 118 cm³/mol. The van der Waals surface area contributed by atoms with Gasteiger partial charge in [0.05, 0.1) is 17.9 Å². The number of benzene rings is 1. The lowest BCUT2D eigenvalue weighted by Crippen LogP contribution is -2.55. The van der Waals surface area contributed by atoms with E-state index in [9.17, 15) is 9.59 Å². The number of hydrogen-bond acceptors (Lipinski definition) is 5. The molecule has 0 bridgehead atoms. The van der Waals surface area contributed by atoms with Crippen LogP contribution in [-0.2, 0) is 17.8 Å². The van der Waals surface area contributed by atoms with Crippen LogP contribution >= 0.6 is 0 Å². The Morgan fingerprint density at radius 3 is 2.42 bits per heavy atom. The highest BCUT2D eigenvalue weighted by Gasteiger charge is 2.30. The molecular formula is C24H31N5O2. The van der Waals surface area contributed by atoms with Crippen molar-refractivity contribution in [3.05, 3.63) is 47.3 Å². The van der Waals surface area contributed by atoms with Gasteiger partial charge in [-0.25, -0.2) is 4.68 Å². The molecule has 0 unspecified atom stereocenters. The minimum Gasteiger partial charge on any atom is -0.339 e. The van der Waals surface area contributed by atoms with Gasteiger partial charge in [-0.3, -0.25) is 19.4 Å². The molecule has 1 saturated carbocycles. The highest BCUT2D eigenvalue weighted by atomic mass is 16.2. The van der Waals surface area contributed by atoms with Crippen LogP contribution in [0.1, 0.15) is 47.8 Å². The number of Topliss-reactive ketones (excluding diaryl/α,β-unsaturated/α-hetero) is 1. The van der Waals surface area contributed by atoms with Gasteiger partial charge in [0.1, 0.15) is 0 Å². The summed E-state index contributed by atoms with van der Waals surface area (Å²) < 4.78 is 1.89. The smallest absolute Gasteiger partial charge is 0.236 e. The van der Waals surface area contributed by atoms with Crippen LogP contribution in [0.3, 0.4) is 0 Å². The minimum atomic E-state index is 0.0658. The molecule has 7 nitrogen and oxygen atoms in total. The maximum absolute atomic E-state index is 12.9. The number of carbonyl (C=O) groups is 2. The summed E-state index contributed by atoms with van der Waals surface area (Å²) >= 11 is 0. The minimum absolute atomic E-state index is 0.0658. The molecule has 31 heavy (non-hydrogen) atoms. The van der Waals surface area contributed by atoms with E-state index in [1.807, 2.05) is 33.8 Å². The molecular weight excluding hydrogens is 390 g/mol. The van der Waals surface area contributed by atoms with Gasteiger partial charge in [0, 0.05) is 69.1 Å². The molecule has 0 N–H and O–H groups in total. The van der Waals surface area contributed by atoms with Crippen molar-refractivity contribution >= 4 is 11.7 Å². The largest absolute Gasteiger partial charge is 0.339 e. The van der Waals surface area contributed by atoms with Crippen LogP contribution in [0.15, 0.2) is 30.5 Å². The Hall–Kier alpha value is -2.51. The van der Waals surface area contributed by atoms with Crippen LogP contribution in [0, 0.1) is 0 Å². The third kappa shape index (κ3) is 4.29. The lowest BCUT2D eigenvalue weighted by Gasteiger charge is -2.43. The zero-order valence-electron chi connectivity index (χ0n) is 18.3. The van der Waals surface area contributed by atoms with Gasteiger partial charge in [0.2, 0.25) is 5.91 Å². The highest BCUT2D eigenvalue weighted by Crippen LogP contribution is 2.26. The van der Waals surface area contributed by atoms with Crippen LogP contribution in [0.5, 0.6) is 0 Å². The third-order valence-electron chi connectivity index (χ3n) is 7.09. The predicted octanol–water partition coefficient (Wildman–Crippen LogP) is 2.13. The zero-order valence-corrected chi connectivity index (χ0v) is 18.3. The summed E-state index contributed by atoms with van der Waals surface area (Å²) in [7, 11) is 0. The molecule has 0 spiro atoms. The van der Waals surface area contributed by atoms with Crippen molar-refractivity contribution in [1.82, 2.24) is 24.5 Å². The average molecular weight is 422 g/mol. The maximum atomic E-state index is 12.9. The summed E-state index contributed by atoms with van der Waals surface area (Å²) in [4.78, 5) is 31.2. The molecule has 0 atom stereocenters. The number of nitrogens with zero attached hydrogens (tertiary/aromatic N) is 5. The molecule has 2 aromatic rings. The molecule has 1 aliphatic carbocycles. The van der Waals surface area contributed by atoms with Crippen LogP contribution < -0.4 is 0 Å². The van der Waals surface area contributed by atoms with Crippen LogP contribution in [0.4, 0.5) is 0 Å². The Balaban J connectivity index is 1.17. The van der Waals surface area contributed by atoms with E-state index in [1.54, 1.807) is 6.92 Å². The monoisotopic (exact) mass is 421 g/mol.